The number of ether oxygens (including phenoxy) is 2. The molecule has 3 nitrogen and oxygen atoms in total. The molecule has 0 atom stereocenters. The summed E-state index contributed by atoms with van der Waals surface area (Å²) in [6, 6.07) is 16.5. The molecule has 0 unspecified atom stereocenters. The Morgan fingerprint density at radius 1 is 1.05 bits per heavy atom. The van der Waals surface area contributed by atoms with Gasteiger partial charge in [0, 0.05) is 17.8 Å². The topological polar surface area (TPSA) is 35.5 Å². The smallest absolute Gasteiger partial charge is 0.358 e. The summed E-state index contributed by atoms with van der Waals surface area (Å²) >= 11 is 5.01. The van der Waals surface area contributed by atoms with Crippen LogP contribution in [0.25, 0.3) is 0 Å². The number of ketones is 1. The lowest BCUT2D eigenvalue weighted by Gasteiger charge is -2.09. The highest BCUT2D eigenvalue weighted by atomic mass is 32.1. The lowest BCUT2D eigenvalue weighted by molar-refractivity contribution is 0.101. The minimum atomic E-state index is 0.0134. The normalized spacial score (nSPS) is 9.85. The average molecular weight is 286 g/mol. The second kappa shape index (κ2) is 6.82. The maximum absolute atomic E-state index is 11.1. The van der Waals surface area contributed by atoms with Crippen LogP contribution in [0.2, 0.25) is 0 Å². The van der Waals surface area contributed by atoms with Crippen LogP contribution in [0, 0.1) is 0 Å². The zero-order valence-corrected chi connectivity index (χ0v) is 11.9. The summed E-state index contributed by atoms with van der Waals surface area (Å²) < 4.78 is 10.7. The Bertz CT molecular complexity index is 591. The molecule has 0 fully saturated rings. The first-order chi connectivity index (χ1) is 9.65. The fraction of sp³-hybridized carbons (Fsp3) is 0.125. The monoisotopic (exact) mass is 286 g/mol. The van der Waals surface area contributed by atoms with E-state index in [2.05, 4.69) is 0 Å². The highest BCUT2D eigenvalue weighted by molar-refractivity contribution is 7.79. The number of hydrogen-bond donors (Lipinski definition) is 0. The predicted octanol–water partition coefficient (Wildman–Crippen LogP) is 3.77. The molecule has 0 N–H and O–H groups in total. The minimum absolute atomic E-state index is 0.0134. The largest absolute Gasteiger partial charge is 0.452 e. The molecule has 4 heteroatoms. The van der Waals surface area contributed by atoms with Gasteiger partial charge in [0.05, 0.1) is 0 Å². The van der Waals surface area contributed by atoms with E-state index in [1.807, 2.05) is 30.3 Å². The molecular formula is C16H14O3S. The van der Waals surface area contributed by atoms with Crippen LogP contribution < -0.4 is 4.74 Å². The molecule has 0 amide bonds. The zero-order chi connectivity index (χ0) is 14.4. The average Bonchev–Trinajstić information content (AvgIpc) is 2.47. The molecule has 0 saturated heterocycles. The standard InChI is InChI=1S/C16H14O3S/c1-12(17)14-7-9-15(10-8-14)19-16(20)18-11-13-5-3-2-4-6-13/h2-10H,11H2,1H3. The third kappa shape index (κ3) is 4.17. The van der Waals surface area contributed by atoms with Gasteiger partial charge in [0.25, 0.3) is 0 Å². The molecule has 0 aliphatic rings. The minimum Gasteiger partial charge on any atom is -0.452 e. The van der Waals surface area contributed by atoms with Gasteiger partial charge in [0.1, 0.15) is 12.4 Å². The summed E-state index contributed by atoms with van der Waals surface area (Å²) in [5, 5.41) is 0.0597. The molecule has 102 valence electrons. The van der Waals surface area contributed by atoms with E-state index in [4.69, 9.17) is 21.7 Å². The number of benzene rings is 2. The van der Waals surface area contributed by atoms with Crippen molar-refractivity contribution in [3.8, 4) is 5.75 Å². The summed E-state index contributed by atoms with van der Waals surface area (Å²) in [6.07, 6.45) is 0. The number of Topliss-reactive ketones (excluding diaryl/α,β-unsaturated/α-hetero) is 1. The second-order valence-electron chi connectivity index (χ2n) is 4.21. The Labute approximate surface area is 123 Å². The van der Waals surface area contributed by atoms with Crippen molar-refractivity contribution in [1.82, 2.24) is 0 Å². The van der Waals surface area contributed by atoms with Gasteiger partial charge in [-0.2, -0.15) is 0 Å². The lowest BCUT2D eigenvalue weighted by atomic mass is 10.1. The van der Waals surface area contributed by atoms with Gasteiger partial charge < -0.3 is 9.47 Å². The van der Waals surface area contributed by atoms with E-state index in [9.17, 15) is 4.79 Å². The molecule has 0 heterocycles. The number of thiocarbonyl (C=S) groups is 1. The van der Waals surface area contributed by atoms with E-state index in [-0.39, 0.29) is 11.0 Å². The molecule has 0 aliphatic heterocycles. The van der Waals surface area contributed by atoms with Crippen LogP contribution in [0.5, 0.6) is 5.75 Å². The molecule has 0 radical (unpaired) electrons. The van der Waals surface area contributed by atoms with Crippen molar-refractivity contribution in [2.24, 2.45) is 0 Å². The van der Waals surface area contributed by atoms with Crippen molar-refractivity contribution < 1.29 is 14.3 Å². The highest BCUT2D eigenvalue weighted by Crippen LogP contribution is 2.14. The Morgan fingerprint density at radius 2 is 1.70 bits per heavy atom. The van der Waals surface area contributed by atoms with Crippen LogP contribution in [0.15, 0.2) is 54.6 Å². The quantitative estimate of drug-likeness (QED) is 0.633. The fourth-order valence-electron chi connectivity index (χ4n) is 1.60. The van der Waals surface area contributed by atoms with E-state index in [1.54, 1.807) is 24.3 Å². The molecule has 0 aliphatic carbocycles. The number of rotatable bonds is 4. The number of hydrogen-bond acceptors (Lipinski definition) is 4. The third-order valence-corrected chi connectivity index (χ3v) is 2.86. The molecule has 0 spiro atoms. The van der Waals surface area contributed by atoms with Gasteiger partial charge in [-0.1, -0.05) is 30.3 Å². The van der Waals surface area contributed by atoms with Gasteiger partial charge >= 0.3 is 5.24 Å². The van der Waals surface area contributed by atoms with Crippen molar-refractivity contribution in [2.45, 2.75) is 13.5 Å². The van der Waals surface area contributed by atoms with Crippen LogP contribution >= 0.6 is 12.2 Å². The molecule has 0 bridgehead atoms. The molecular weight excluding hydrogens is 272 g/mol. The van der Waals surface area contributed by atoms with E-state index in [0.29, 0.717) is 17.9 Å². The van der Waals surface area contributed by atoms with Gasteiger partial charge in [-0.15, -0.1) is 0 Å². The van der Waals surface area contributed by atoms with Crippen molar-refractivity contribution in [3.63, 3.8) is 0 Å². The van der Waals surface area contributed by atoms with E-state index in [0.717, 1.165) is 5.56 Å². The summed E-state index contributed by atoms with van der Waals surface area (Å²) in [7, 11) is 0. The third-order valence-electron chi connectivity index (χ3n) is 2.66. The van der Waals surface area contributed by atoms with Gasteiger partial charge in [-0.3, -0.25) is 4.79 Å². The van der Waals surface area contributed by atoms with Crippen LogP contribution in [0.1, 0.15) is 22.8 Å². The van der Waals surface area contributed by atoms with Gasteiger partial charge in [0.2, 0.25) is 0 Å². The Morgan fingerprint density at radius 3 is 2.30 bits per heavy atom. The lowest BCUT2D eigenvalue weighted by Crippen LogP contribution is -2.10. The SMILES string of the molecule is CC(=O)c1ccc(OC(=S)OCc2ccccc2)cc1. The van der Waals surface area contributed by atoms with Gasteiger partial charge in [0.15, 0.2) is 5.78 Å². The van der Waals surface area contributed by atoms with Crippen molar-refractivity contribution >= 4 is 23.2 Å². The van der Waals surface area contributed by atoms with Crippen LogP contribution in [0.4, 0.5) is 0 Å². The Hall–Kier alpha value is -2.20. The number of carbonyl (C=O) groups is 1. The first kappa shape index (κ1) is 14.2. The first-order valence-electron chi connectivity index (χ1n) is 6.14. The molecule has 0 saturated carbocycles. The second-order valence-corrected chi connectivity index (χ2v) is 4.54. The summed E-state index contributed by atoms with van der Waals surface area (Å²) in [6.45, 7) is 1.88. The van der Waals surface area contributed by atoms with E-state index >= 15 is 0 Å². The van der Waals surface area contributed by atoms with Gasteiger partial charge in [-0.05, 0) is 36.8 Å². The van der Waals surface area contributed by atoms with Crippen LogP contribution in [0.3, 0.4) is 0 Å². The van der Waals surface area contributed by atoms with Crippen LogP contribution in [-0.2, 0) is 11.3 Å². The summed E-state index contributed by atoms with van der Waals surface area (Å²) in [5.74, 6) is 0.563. The van der Waals surface area contributed by atoms with Crippen LogP contribution in [-0.4, -0.2) is 11.0 Å². The Kier molecular flexibility index (Phi) is 4.85. The van der Waals surface area contributed by atoms with Crippen molar-refractivity contribution in [3.05, 3.63) is 65.7 Å². The van der Waals surface area contributed by atoms with Crippen molar-refractivity contribution in [1.29, 1.82) is 0 Å². The molecule has 20 heavy (non-hydrogen) atoms. The van der Waals surface area contributed by atoms with Crippen molar-refractivity contribution in [2.75, 3.05) is 0 Å². The summed E-state index contributed by atoms with van der Waals surface area (Å²) in [5.41, 5.74) is 1.65. The Balaban J connectivity index is 1.86. The highest BCUT2D eigenvalue weighted by Gasteiger charge is 2.04. The fourth-order valence-corrected chi connectivity index (χ4v) is 1.76. The van der Waals surface area contributed by atoms with E-state index in [1.165, 1.54) is 6.92 Å². The summed E-state index contributed by atoms with van der Waals surface area (Å²) in [4.78, 5) is 11.1. The van der Waals surface area contributed by atoms with Gasteiger partial charge in [-0.25, -0.2) is 0 Å². The maximum Gasteiger partial charge on any atom is 0.358 e. The predicted molar refractivity (Wildman–Crippen MR) is 80.9 cm³/mol. The van der Waals surface area contributed by atoms with E-state index < -0.39 is 0 Å². The molecule has 0 aromatic heterocycles. The zero-order valence-electron chi connectivity index (χ0n) is 11.0. The molecule has 2 aromatic carbocycles. The maximum atomic E-state index is 11.1. The molecule has 2 rings (SSSR count). The molecule has 2 aromatic rings. The first-order valence-corrected chi connectivity index (χ1v) is 6.55. The number of carbonyl (C=O) groups excluding carboxylic acids is 1.